The molecule has 1 aliphatic heterocycles. The highest BCUT2D eigenvalue weighted by molar-refractivity contribution is 7.89. The van der Waals surface area contributed by atoms with E-state index in [1.807, 2.05) is 56.3 Å². The van der Waals surface area contributed by atoms with E-state index in [1.165, 1.54) is 0 Å². The molecule has 0 atom stereocenters. The van der Waals surface area contributed by atoms with Gasteiger partial charge in [0.1, 0.15) is 0 Å². The van der Waals surface area contributed by atoms with Crippen molar-refractivity contribution in [2.45, 2.75) is 18.7 Å². The number of hydrogen-bond donors (Lipinski definition) is 0. The quantitative estimate of drug-likeness (QED) is 0.612. The summed E-state index contributed by atoms with van der Waals surface area (Å²) in [6, 6.07) is 16.7. The van der Waals surface area contributed by atoms with Gasteiger partial charge in [0, 0.05) is 36.8 Å². The molecule has 0 radical (unpaired) electrons. The minimum absolute atomic E-state index is 0.362. The van der Waals surface area contributed by atoms with Crippen LogP contribution in [0.4, 0.5) is 5.82 Å². The molecule has 6 nitrogen and oxygen atoms in total. The second kappa shape index (κ2) is 8.34. The molecule has 0 saturated carbocycles. The van der Waals surface area contributed by atoms with Crippen molar-refractivity contribution in [3.05, 3.63) is 70.7 Å². The summed E-state index contributed by atoms with van der Waals surface area (Å²) in [5, 5.41) is 9.34. The summed E-state index contributed by atoms with van der Waals surface area (Å²) < 4.78 is 27.6. The third-order valence-electron chi connectivity index (χ3n) is 5.19. The van der Waals surface area contributed by atoms with Crippen LogP contribution in [0.2, 0.25) is 5.02 Å². The first-order valence-electron chi connectivity index (χ1n) is 9.76. The van der Waals surface area contributed by atoms with Crippen LogP contribution < -0.4 is 4.90 Å². The van der Waals surface area contributed by atoms with Crippen LogP contribution >= 0.6 is 11.6 Å². The van der Waals surface area contributed by atoms with Gasteiger partial charge in [0.05, 0.1) is 10.6 Å². The minimum atomic E-state index is -3.50. The highest BCUT2D eigenvalue weighted by Gasteiger charge is 2.29. The highest BCUT2D eigenvalue weighted by atomic mass is 35.5. The molecule has 30 heavy (non-hydrogen) atoms. The van der Waals surface area contributed by atoms with Crippen LogP contribution in [0.25, 0.3) is 11.3 Å². The lowest BCUT2D eigenvalue weighted by Crippen LogP contribution is -2.49. The van der Waals surface area contributed by atoms with Crippen LogP contribution in [0.5, 0.6) is 0 Å². The van der Waals surface area contributed by atoms with E-state index in [4.69, 9.17) is 11.6 Å². The largest absolute Gasteiger partial charge is 0.352 e. The number of hydrogen-bond acceptors (Lipinski definition) is 5. The predicted octanol–water partition coefficient (Wildman–Crippen LogP) is 3.92. The van der Waals surface area contributed by atoms with E-state index < -0.39 is 10.0 Å². The number of nitrogens with zero attached hydrogens (tertiary/aromatic N) is 4. The van der Waals surface area contributed by atoms with Crippen molar-refractivity contribution in [3.8, 4) is 11.3 Å². The maximum Gasteiger partial charge on any atom is 0.243 e. The Balaban J connectivity index is 1.44. The Morgan fingerprint density at radius 3 is 2.03 bits per heavy atom. The third-order valence-corrected chi connectivity index (χ3v) is 7.31. The topological polar surface area (TPSA) is 66.4 Å². The second-order valence-corrected chi connectivity index (χ2v) is 9.87. The molecule has 0 spiro atoms. The number of aryl methyl sites for hydroxylation is 2. The average molecular weight is 443 g/mol. The first-order valence-corrected chi connectivity index (χ1v) is 11.6. The van der Waals surface area contributed by atoms with E-state index >= 15 is 0 Å². The molecule has 156 valence electrons. The standard InChI is InChI=1S/C22H23ClN4O2S/c1-16-13-17(2)15-20(14-16)30(28,29)27-11-9-26(10-12-27)22-8-7-21(24-25-22)18-3-5-19(23)6-4-18/h3-8,13-15H,9-12H2,1-2H3. The fourth-order valence-corrected chi connectivity index (χ4v) is 5.39. The molecule has 2 heterocycles. The SMILES string of the molecule is Cc1cc(C)cc(S(=O)(=O)N2CCN(c3ccc(-c4ccc(Cl)cc4)nn3)CC2)c1. The zero-order valence-electron chi connectivity index (χ0n) is 16.9. The van der Waals surface area contributed by atoms with Gasteiger partial charge < -0.3 is 4.90 Å². The summed E-state index contributed by atoms with van der Waals surface area (Å²) in [6.45, 7) is 5.79. The van der Waals surface area contributed by atoms with Crippen LogP contribution in [-0.4, -0.2) is 49.1 Å². The Morgan fingerprint density at radius 2 is 1.47 bits per heavy atom. The zero-order chi connectivity index (χ0) is 21.3. The van der Waals surface area contributed by atoms with Crippen LogP contribution in [0.1, 0.15) is 11.1 Å². The molecule has 0 amide bonds. The maximum atomic E-state index is 13.0. The van der Waals surface area contributed by atoms with Crippen LogP contribution in [0.3, 0.4) is 0 Å². The van der Waals surface area contributed by atoms with Gasteiger partial charge in [0.15, 0.2) is 5.82 Å². The maximum absolute atomic E-state index is 13.0. The number of piperazine rings is 1. The van der Waals surface area contributed by atoms with Gasteiger partial charge in [-0.2, -0.15) is 4.31 Å². The molecule has 2 aromatic carbocycles. The van der Waals surface area contributed by atoms with E-state index in [1.54, 1.807) is 16.4 Å². The van der Waals surface area contributed by atoms with E-state index in [0.717, 1.165) is 28.2 Å². The number of aromatic nitrogens is 2. The fourth-order valence-electron chi connectivity index (χ4n) is 3.66. The monoisotopic (exact) mass is 442 g/mol. The number of rotatable bonds is 4. The van der Waals surface area contributed by atoms with E-state index in [2.05, 4.69) is 15.1 Å². The van der Waals surface area contributed by atoms with Gasteiger partial charge in [0.25, 0.3) is 0 Å². The van der Waals surface area contributed by atoms with E-state index in [9.17, 15) is 8.42 Å². The van der Waals surface area contributed by atoms with Crippen molar-refractivity contribution in [1.29, 1.82) is 0 Å². The molecule has 0 aliphatic carbocycles. The Hall–Kier alpha value is -2.48. The summed E-state index contributed by atoms with van der Waals surface area (Å²) in [6.07, 6.45) is 0. The first kappa shape index (κ1) is 20.8. The summed E-state index contributed by atoms with van der Waals surface area (Å²) in [7, 11) is -3.50. The summed E-state index contributed by atoms with van der Waals surface area (Å²) in [5.74, 6) is 0.746. The molecule has 8 heteroatoms. The molecule has 0 unspecified atom stereocenters. The minimum Gasteiger partial charge on any atom is -0.352 e. The lowest BCUT2D eigenvalue weighted by molar-refractivity contribution is 0.383. The molecular weight excluding hydrogens is 420 g/mol. The van der Waals surface area contributed by atoms with Crippen molar-refractivity contribution >= 4 is 27.4 Å². The van der Waals surface area contributed by atoms with Gasteiger partial charge in [0.2, 0.25) is 10.0 Å². The Bertz CT molecular complexity index is 1120. The fraction of sp³-hybridized carbons (Fsp3) is 0.273. The Kier molecular flexibility index (Phi) is 5.77. The highest BCUT2D eigenvalue weighted by Crippen LogP contribution is 2.24. The Labute approximate surface area is 182 Å². The molecule has 4 rings (SSSR count). The molecule has 1 fully saturated rings. The molecule has 3 aromatic rings. The number of sulfonamides is 1. The van der Waals surface area contributed by atoms with Gasteiger partial charge in [-0.1, -0.05) is 29.8 Å². The molecule has 0 N–H and O–H groups in total. The number of benzene rings is 2. The third kappa shape index (κ3) is 4.33. The van der Waals surface area contributed by atoms with Gasteiger partial charge in [-0.05, 0) is 61.4 Å². The van der Waals surface area contributed by atoms with Crippen molar-refractivity contribution in [2.24, 2.45) is 0 Å². The molecule has 1 aliphatic rings. The predicted molar refractivity (Wildman–Crippen MR) is 119 cm³/mol. The molecule has 1 aromatic heterocycles. The lowest BCUT2D eigenvalue weighted by Gasteiger charge is -2.34. The molecular formula is C22H23ClN4O2S. The van der Waals surface area contributed by atoms with Crippen molar-refractivity contribution in [3.63, 3.8) is 0 Å². The lowest BCUT2D eigenvalue weighted by atomic mass is 10.1. The smallest absolute Gasteiger partial charge is 0.243 e. The first-order chi connectivity index (χ1) is 14.3. The van der Waals surface area contributed by atoms with Crippen molar-refractivity contribution < 1.29 is 8.42 Å². The molecule has 1 saturated heterocycles. The van der Waals surface area contributed by atoms with Crippen molar-refractivity contribution in [1.82, 2.24) is 14.5 Å². The van der Waals surface area contributed by atoms with Crippen LogP contribution in [0, 0.1) is 13.8 Å². The normalized spacial score (nSPS) is 15.4. The van der Waals surface area contributed by atoms with E-state index in [-0.39, 0.29) is 0 Å². The van der Waals surface area contributed by atoms with E-state index in [0.29, 0.717) is 36.1 Å². The molecule has 0 bridgehead atoms. The second-order valence-electron chi connectivity index (χ2n) is 7.50. The number of anilines is 1. The van der Waals surface area contributed by atoms with Gasteiger partial charge in [-0.3, -0.25) is 0 Å². The van der Waals surface area contributed by atoms with Crippen LogP contribution in [-0.2, 0) is 10.0 Å². The van der Waals surface area contributed by atoms with Gasteiger partial charge in [-0.25, -0.2) is 8.42 Å². The summed E-state index contributed by atoms with van der Waals surface area (Å²) >= 11 is 5.93. The average Bonchev–Trinajstić information content (AvgIpc) is 2.74. The van der Waals surface area contributed by atoms with Gasteiger partial charge >= 0.3 is 0 Å². The zero-order valence-corrected chi connectivity index (χ0v) is 18.5. The van der Waals surface area contributed by atoms with Gasteiger partial charge in [-0.15, -0.1) is 10.2 Å². The van der Waals surface area contributed by atoms with Crippen molar-refractivity contribution in [2.75, 3.05) is 31.1 Å². The number of halogens is 1. The Morgan fingerprint density at radius 1 is 0.833 bits per heavy atom. The summed E-state index contributed by atoms with van der Waals surface area (Å²) in [5.41, 5.74) is 3.61. The summed E-state index contributed by atoms with van der Waals surface area (Å²) in [4.78, 5) is 2.42. The van der Waals surface area contributed by atoms with Crippen LogP contribution in [0.15, 0.2) is 59.5 Å².